The van der Waals surface area contributed by atoms with E-state index in [1.165, 1.54) is 0 Å². The van der Waals surface area contributed by atoms with Crippen LogP contribution in [-0.4, -0.2) is 42.4 Å². The van der Waals surface area contributed by atoms with Gasteiger partial charge in [0.05, 0.1) is 12.5 Å². The maximum Gasteiger partial charge on any atom is 0.310 e. The highest BCUT2D eigenvalue weighted by Gasteiger charge is 2.17. The average molecular weight is 346 g/mol. The zero-order valence-corrected chi connectivity index (χ0v) is 14.6. The first kappa shape index (κ1) is 19.1. The Morgan fingerprint density at radius 3 is 2.68 bits per heavy atom. The second-order valence-corrected chi connectivity index (χ2v) is 6.62. The molecule has 1 aliphatic rings. The number of carboxylic acid groups (broad SMARTS) is 1. The summed E-state index contributed by atoms with van der Waals surface area (Å²) >= 11 is 0. The largest absolute Gasteiger partial charge is 0.481 e. The molecular weight excluding hydrogens is 320 g/mol. The van der Waals surface area contributed by atoms with Gasteiger partial charge in [-0.25, -0.2) is 0 Å². The monoisotopic (exact) mass is 346 g/mol. The smallest absolute Gasteiger partial charge is 0.310 e. The summed E-state index contributed by atoms with van der Waals surface area (Å²) < 4.78 is 0. The van der Waals surface area contributed by atoms with Crippen molar-refractivity contribution in [3.63, 3.8) is 0 Å². The molecule has 1 saturated heterocycles. The van der Waals surface area contributed by atoms with Gasteiger partial charge in [-0.1, -0.05) is 18.2 Å². The van der Waals surface area contributed by atoms with Crippen LogP contribution in [-0.2, 0) is 9.59 Å². The van der Waals surface area contributed by atoms with Gasteiger partial charge in [-0.3, -0.25) is 14.4 Å². The van der Waals surface area contributed by atoms with E-state index in [4.69, 9.17) is 5.11 Å². The lowest BCUT2D eigenvalue weighted by atomic mass is 9.93. The third kappa shape index (κ3) is 5.98. The third-order valence-electron chi connectivity index (χ3n) is 4.76. The molecule has 1 aliphatic heterocycles. The number of rotatable bonds is 8. The van der Waals surface area contributed by atoms with Crippen LogP contribution < -0.4 is 10.6 Å². The zero-order valence-electron chi connectivity index (χ0n) is 14.6. The molecule has 3 N–H and O–H groups in total. The minimum Gasteiger partial charge on any atom is -0.481 e. The van der Waals surface area contributed by atoms with Crippen molar-refractivity contribution in [2.75, 3.05) is 19.6 Å². The van der Waals surface area contributed by atoms with E-state index in [9.17, 15) is 14.4 Å². The van der Waals surface area contributed by atoms with Crippen molar-refractivity contribution < 1.29 is 19.5 Å². The first-order valence-corrected chi connectivity index (χ1v) is 8.80. The predicted octanol–water partition coefficient (Wildman–Crippen LogP) is 1.95. The molecule has 25 heavy (non-hydrogen) atoms. The fourth-order valence-corrected chi connectivity index (χ4v) is 3.00. The molecule has 1 atom stereocenters. The molecule has 0 radical (unpaired) electrons. The van der Waals surface area contributed by atoms with E-state index in [1.54, 1.807) is 31.2 Å². The Bertz CT molecular complexity index is 624. The van der Waals surface area contributed by atoms with E-state index in [1.807, 2.05) is 0 Å². The maximum absolute atomic E-state index is 12.2. The van der Waals surface area contributed by atoms with E-state index in [0.29, 0.717) is 23.5 Å². The molecule has 0 aliphatic carbocycles. The lowest BCUT2D eigenvalue weighted by Gasteiger charge is -2.22. The second-order valence-electron chi connectivity index (χ2n) is 6.62. The Morgan fingerprint density at radius 1 is 1.28 bits per heavy atom. The molecule has 0 bridgehead atoms. The van der Waals surface area contributed by atoms with E-state index in [-0.39, 0.29) is 18.2 Å². The van der Waals surface area contributed by atoms with Gasteiger partial charge in [0.15, 0.2) is 5.78 Å². The van der Waals surface area contributed by atoms with Gasteiger partial charge in [-0.15, -0.1) is 0 Å². The number of hydrogen-bond acceptors (Lipinski definition) is 4. The summed E-state index contributed by atoms with van der Waals surface area (Å²) in [6.45, 7) is 3.54. The summed E-state index contributed by atoms with van der Waals surface area (Å²) in [5, 5.41) is 15.0. The number of amides is 1. The molecular formula is C19H26N2O4. The van der Waals surface area contributed by atoms with Crippen molar-refractivity contribution in [1.29, 1.82) is 0 Å². The summed E-state index contributed by atoms with van der Waals surface area (Å²) in [4.78, 5) is 35.2. The van der Waals surface area contributed by atoms with Crippen LogP contribution in [0.4, 0.5) is 0 Å². The Kier molecular flexibility index (Phi) is 7.13. The number of ketones is 1. The first-order chi connectivity index (χ1) is 12.0. The van der Waals surface area contributed by atoms with Crippen molar-refractivity contribution in [2.24, 2.45) is 5.92 Å². The van der Waals surface area contributed by atoms with Crippen LogP contribution in [0.3, 0.4) is 0 Å². The van der Waals surface area contributed by atoms with Gasteiger partial charge in [-0.05, 0) is 56.8 Å². The molecule has 1 aromatic rings. The maximum atomic E-state index is 12.2. The van der Waals surface area contributed by atoms with Gasteiger partial charge in [0, 0.05) is 12.0 Å². The van der Waals surface area contributed by atoms with E-state index < -0.39 is 11.9 Å². The Hall–Kier alpha value is -2.21. The molecule has 6 heteroatoms. The van der Waals surface area contributed by atoms with Crippen molar-refractivity contribution in [3.05, 3.63) is 35.4 Å². The molecule has 136 valence electrons. The van der Waals surface area contributed by atoms with Gasteiger partial charge < -0.3 is 15.7 Å². The summed E-state index contributed by atoms with van der Waals surface area (Å²) in [5.41, 5.74) is 1.000. The molecule has 1 heterocycles. The first-order valence-electron chi connectivity index (χ1n) is 8.80. The fourth-order valence-electron chi connectivity index (χ4n) is 3.00. The summed E-state index contributed by atoms with van der Waals surface area (Å²) in [5.74, 6) is -1.35. The lowest BCUT2D eigenvalue weighted by Crippen LogP contribution is -2.31. The van der Waals surface area contributed by atoms with Gasteiger partial charge in [-0.2, -0.15) is 0 Å². The number of benzene rings is 1. The van der Waals surface area contributed by atoms with Crippen molar-refractivity contribution >= 4 is 17.7 Å². The second kappa shape index (κ2) is 9.32. The number of nitrogens with one attached hydrogen (secondary N) is 2. The molecule has 0 saturated carbocycles. The topological polar surface area (TPSA) is 95.5 Å². The number of hydrogen-bond donors (Lipinski definition) is 3. The quantitative estimate of drug-likeness (QED) is 0.625. The van der Waals surface area contributed by atoms with Crippen LogP contribution in [0, 0.1) is 5.92 Å². The van der Waals surface area contributed by atoms with Gasteiger partial charge in [0.2, 0.25) is 5.91 Å². The van der Waals surface area contributed by atoms with Crippen molar-refractivity contribution in [2.45, 2.75) is 38.5 Å². The molecule has 6 nitrogen and oxygen atoms in total. The minimum absolute atomic E-state index is 0.0596. The highest BCUT2D eigenvalue weighted by atomic mass is 16.4. The normalized spacial score (nSPS) is 16.2. The Balaban J connectivity index is 1.80. The van der Waals surface area contributed by atoms with Crippen LogP contribution in [0.5, 0.6) is 0 Å². The number of piperidine rings is 1. The molecule has 1 amide bonds. The highest BCUT2D eigenvalue weighted by Crippen LogP contribution is 2.18. The molecule has 1 unspecified atom stereocenters. The van der Waals surface area contributed by atoms with Crippen molar-refractivity contribution in [1.82, 2.24) is 10.6 Å². The molecule has 1 aromatic carbocycles. The highest BCUT2D eigenvalue weighted by molar-refractivity contribution is 5.99. The number of carbonyl (C=O) groups excluding carboxylic acids is 2. The van der Waals surface area contributed by atoms with Crippen LogP contribution in [0.2, 0.25) is 0 Å². The zero-order chi connectivity index (χ0) is 18.2. The number of Topliss-reactive ketones (excluding diaryl/α,β-unsaturated/α-hetero) is 1. The molecule has 0 spiro atoms. The minimum atomic E-state index is -0.934. The van der Waals surface area contributed by atoms with Gasteiger partial charge in [0.25, 0.3) is 0 Å². The van der Waals surface area contributed by atoms with Crippen LogP contribution in [0.1, 0.15) is 54.4 Å². The van der Waals surface area contributed by atoms with Crippen LogP contribution in [0.15, 0.2) is 24.3 Å². The van der Waals surface area contributed by atoms with Crippen LogP contribution in [0.25, 0.3) is 0 Å². The van der Waals surface area contributed by atoms with Crippen molar-refractivity contribution in [3.8, 4) is 0 Å². The number of carboxylic acids is 1. The van der Waals surface area contributed by atoms with Gasteiger partial charge in [0.1, 0.15) is 0 Å². The number of carbonyl (C=O) groups is 3. The SMILES string of the molecule is CC(C(=O)O)c1cccc(C(=O)CNC(=O)CCC2CCNCC2)c1. The van der Waals surface area contributed by atoms with E-state index >= 15 is 0 Å². The van der Waals surface area contributed by atoms with Crippen LogP contribution >= 0.6 is 0 Å². The van der Waals surface area contributed by atoms with E-state index in [0.717, 1.165) is 32.4 Å². The molecule has 2 rings (SSSR count). The lowest BCUT2D eigenvalue weighted by molar-refractivity contribution is -0.138. The standard InChI is InChI=1S/C19H26N2O4/c1-13(19(24)25)15-3-2-4-16(11-15)17(22)12-21-18(23)6-5-14-7-9-20-10-8-14/h2-4,11,13-14,20H,5-10,12H2,1H3,(H,21,23)(H,24,25). The van der Waals surface area contributed by atoms with Gasteiger partial charge >= 0.3 is 5.97 Å². The molecule has 0 aromatic heterocycles. The molecule has 1 fully saturated rings. The predicted molar refractivity (Wildman–Crippen MR) is 94.7 cm³/mol. The number of aliphatic carboxylic acids is 1. The third-order valence-corrected chi connectivity index (χ3v) is 4.76. The Labute approximate surface area is 148 Å². The Morgan fingerprint density at radius 2 is 2.00 bits per heavy atom. The summed E-state index contributed by atoms with van der Waals surface area (Å²) in [7, 11) is 0. The summed E-state index contributed by atoms with van der Waals surface area (Å²) in [6, 6.07) is 6.58. The fraction of sp³-hybridized carbons (Fsp3) is 0.526. The average Bonchev–Trinajstić information content (AvgIpc) is 2.64. The summed E-state index contributed by atoms with van der Waals surface area (Å²) in [6.07, 6.45) is 3.49. The van der Waals surface area contributed by atoms with E-state index in [2.05, 4.69) is 10.6 Å².